The molecule has 0 aliphatic heterocycles. The fourth-order valence-corrected chi connectivity index (χ4v) is 1.89. The lowest BCUT2D eigenvalue weighted by molar-refractivity contribution is -0.375. The summed E-state index contributed by atoms with van der Waals surface area (Å²) in [6, 6.07) is 14.9. The summed E-state index contributed by atoms with van der Waals surface area (Å²) in [6.07, 6.45) is 4.01. The molecule has 14 heavy (non-hydrogen) atoms. The lowest BCUT2D eigenvalue weighted by Gasteiger charge is -1.99. The third-order valence-corrected chi connectivity index (χ3v) is 2.59. The average molecular weight is 180 g/mol. The highest BCUT2D eigenvalue weighted by atomic mass is 14.6. The molecule has 0 saturated carbocycles. The number of hydrogen-bond donors (Lipinski definition) is 0. The van der Waals surface area contributed by atoms with E-state index in [1.807, 2.05) is 6.20 Å². The number of hydrogen-bond acceptors (Lipinski definition) is 0. The van der Waals surface area contributed by atoms with Crippen LogP contribution in [-0.2, 0) is 0 Å². The highest BCUT2D eigenvalue weighted by molar-refractivity contribution is 6.06. The normalized spacial score (nSPS) is 10.9. The van der Waals surface area contributed by atoms with Gasteiger partial charge >= 0.3 is 0 Å². The van der Waals surface area contributed by atoms with Gasteiger partial charge in [-0.2, -0.15) is 0 Å². The van der Waals surface area contributed by atoms with Crippen molar-refractivity contribution in [2.75, 3.05) is 0 Å². The Morgan fingerprint density at radius 3 is 2.43 bits per heavy atom. The van der Waals surface area contributed by atoms with E-state index in [0.717, 1.165) is 0 Å². The van der Waals surface area contributed by atoms with E-state index >= 15 is 0 Å². The highest BCUT2D eigenvalue weighted by Gasteiger charge is 2.00. The zero-order valence-electron chi connectivity index (χ0n) is 7.70. The van der Waals surface area contributed by atoms with Crippen LogP contribution in [0, 0.1) is 0 Å². The Morgan fingerprint density at radius 2 is 1.50 bits per heavy atom. The summed E-state index contributed by atoms with van der Waals surface area (Å²) in [7, 11) is 0. The molecule has 1 aromatic heterocycles. The molecule has 0 spiro atoms. The van der Waals surface area contributed by atoms with E-state index in [-0.39, 0.29) is 0 Å². The summed E-state index contributed by atoms with van der Waals surface area (Å²) in [5.41, 5.74) is 0. The molecule has 66 valence electrons. The van der Waals surface area contributed by atoms with Crippen LogP contribution in [0.1, 0.15) is 0 Å². The highest BCUT2D eigenvalue weighted by Crippen LogP contribution is 2.22. The van der Waals surface area contributed by atoms with Gasteiger partial charge in [-0.05, 0) is 16.2 Å². The molecule has 1 N–H and O–H groups in total. The van der Waals surface area contributed by atoms with Crippen molar-refractivity contribution in [1.82, 2.24) is 0 Å². The molecule has 1 heteroatoms. The van der Waals surface area contributed by atoms with Gasteiger partial charge in [-0.1, -0.05) is 36.4 Å². The second kappa shape index (κ2) is 2.81. The molecule has 1 nitrogen and oxygen atoms in total. The van der Waals surface area contributed by atoms with Crippen LogP contribution < -0.4 is 4.98 Å². The zero-order valence-corrected chi connectivity index (χ0v) is 7.70. The Labute approximate surface area is 82.0 Å². The van der Waals surface area contributed by atoms with Crippen molar-refractivity contribution < 1.29 is 4.98 Å². The fourth-order valence-electron chi connectivity index (χ4n) is 1.89. The van der Waals surface area contributed by atoms with Gasteiger partial charge in [0.2, 0.25) is 0 Å². The third-order valence-electron chi connectivity index (χ3n) is 2.59. The van der Waals surface area contributed by atoms with Gasteiger partial charge < -0.3 is 0 Å². The van der Waals surface area contributed by atoms with E-state index < -0.39 is 0 Å². The van der Waals surface area contributed by atoms with Gasteiger partial charge in [-0.3, -0.25) is 0 Å². The van der Waals surface area contributed by atoms with E-state index in [1.165, 1.54) is 21.5 Å². The van der Waals surface area contributed by atoms with Crippen LogP contribution in [0.5, 0.6) is 0 Å². The number of benzene rings is 2. The molecular formula is C13H10N+. The van der Waals surface area contributed by atoms with Crippen LogP contribution in [0.25, 0.3) is 21.5 Å². The number of nitrogens with one attached hydrogen (secondary N) is 1. The molecule has 0 fully saturated rings. The minimum atomic E-state index is 1.28. The number of fused-ring (bicyclic) bond motifs is 3. The molecule has 1 heterocycles. The molecule has 0 amide bonds. The standard InChI is InChI=1S/C13H9N/c1-2-4-12-10(3-1)5-6-11-7-8-14-9-13(11)12/h1-9H/p+1. The molecule has 0 unspecified atom stereocenters. The van der Waals surface area contributed by atoms with Crippen molar-refractivity contribution in [3.8, 4) is 0 Å². The molecular weight excluding hydrogens is 170 g/mol. The van der Waals surface area contributed by atoms with Crippen molar-refractivity contribution >= 4 is 21.5 Å². The van der Waals surface area contributed by atoms with Crippen molar-refractivity contribution in [3.05, 3.63) is 54.9 Å². The Kier molecular flexibility index (Phi) is 1.51. The van der Waals surface area contributed by atoms with Gasteiger partial charge in [0, 0.05) is 6.07 Å². The van der Waals surface area contributed by atoms with Crippen LogP contribution in [0.15, 0.2) is 54.9 Å². The lowest BCUT2D eigenvalue weighted by atomic mass is 10.0. The smallest absolute Gasteiger partial charge is 0.175 e. The minimum absolute atomic E-state index is 1.28. The van der Waals surface area contributed by atoms with Crippen LogP contribution in [0.2, 0.25) is 0 Å². The summed E-state index contributed by atoms with van der Waals surface area (Å²) in [5.74, 6) is 0. The Morgan fingerprint density at radius 1 is 0.714 bits per heavy atom. The maximum Gasteiger partial charge on any atom is 0.175 e. The fraction of sp³-hybridized carbons (Fsp3) is 0. The average Bonchev–Trinajstić information content (AvgIpc) is 2.29. The molecule has 3 aromatic rings. The maximum atomic E-state index is 3.13. The monoisotopic (exact) mass is 180 g/mol. The van der Waals surface area contributed by atoms with Crippen molar-refractivity contribution in [1.29, 1.82) is 0 Å². The summed E-state index contributed by atoms with van der Waals surface area (Å²) in [5, 5.41) is 5.16. The first-order valence-corrected chi connectivity index (χ1v) is 4.73. The number of pyridine rings is 1. The zero-order chi connectivity index (χ0) is 9.38. The van der Waals surface area contributed by atoms with E-state index in [0.29, 0.717) is 0 Å². The lowest BCUT2D eigenvalue weighted by Crippen LogP contribution is -1.97. The van der Waals surface area contributed by atoms with Gasteiger partial charge in [-0.15, -0.1) is 0 Å². The summed E-state index contributed by atoms with van der Waals surface area (Å²) in [4.78, 5) is 3.13. The van der Waals surface area contributed by atoms with Crippen LogP contribution in [0.4, 0.5) is 0 Å². The van der Waals surface area contributed by atoms with Crippen LogP contribution >= 0.6 is 0 Å². The number of aromatic nitrogens is 1. The second-order valence-corrected chi connectivity index (χ2v) is 3.43. The van der Waals surface area contributed by atoms with E-state index in [2.05, 4.69) is 53.6 Å². The molecule has 0 aliphatic rings. The van der Waals surface area contributed by atoms with E-state index in [4.69, 9.17) is 0 Å². The number of rotatable bonds is 0. The van der Waals surface area contributed by atoms with Gasteiger partial charge in [-0.25, -0.2) is 4.98 Å². The Bertz CT molecular complexity index is 544. The molecule has 0 bridgehead atoms. The first-order chi connectivity index (χ1) is 6.95. The minimum Gasteiger partial charge on any atom is -0.217 e. The quantitative estimate of drug-likeness (QED) is 0.472. The molecule has 0 radical (unpaired) electrons. The van der Waals surface area contributed by atoms with Gasteiger partial charge in [0.05, 0.1) is 5.39 Å². The Balaban J connectivity index is 2.61. The van der Waals surface area contributed by atoms with Crippen molar-refractivity contribution in [2.45, 2.75) is 0 Å². The second-order valence-electron chi connectivity index (χ2n) is 3.43. The number of H-pyrrole nitrogens is 1. The first kappa shape index (κ1) is 7.51. The predicted octanol–water partition coefficient (Wildman–Crippen LogP) is 2.81. The molecule has 0 atom stereocenters. The molecule has 3 rings (SSSR count). The first-order valence-electron chi connectivity index (χ1n) is 4.73. The molecule has 2 aromatic carbocycles. The maximum absolute atomic E-state index is 3.13. The molecule has 0 saturated heterocycles. The predicted molar refractivity (Wildman–Crippen MR) is 58.0 cm³/mol. The van der Waals surface area contributed by atoms with Gasteiger partial charge in [0.25, 0.3) is 0 Å². The number of aromatic amines is 1. The topological polar surface area (TPSA) is 14.1 Å². The van der Waals surface area contributed by atoms with Crippen molar-refractivity contribution in [3.63, 3.8) is 0 Å². The SMILES string of the molecule is c1ccc2c(c1)ccc1cc[nH+]cc12. The van der Waals surface area contributed by atoms with Gasteiger partial charge in [0.15, 0.2) is 12.4 Å². The largest absolute Gasteiger partial charge is 0.217 e. The van der Waals surface area contributed by atoms with Crippen LogP contribution in [0.3, 0.4) is 0 Å². The molecule has 0 aliphatic carbocycles. The third kappa shape index (κ3) is 0.990. The summed E-state index contributed by atoms with van der Waals surface area (Å²) < 4.78 is 0. The summed E-state index contributed by atoms with van der Waals surface area (Å²) >= 11 is 0. The Hall–Kier alpha value is -1.89. The summed E-state index contributed by atoms with van der Waals surface area (Å²) in [6.45, 7) is 0. The van der Waals surface area contributed by atoms with E-state index in [1.54, 1.807) is 0 Å². The van der Waals surface area contributed by atoms with Gasteiger partial charge in [0.1, 0.15) is 0 Å². The van der Waals surface area contributed by atoms with E-state index in [9.17, 15) is 0 Å². The van der Waals surface area contributed by atoms with Crippen molar-refractivity contribution in [2.24, 2.45) is 0 Å². The van der Waals surface area contributed by atoms with Crippen LogP contribution in [-0.4, -0.2) is 0 Å².